The number of ether oxygens (including phenoxy) is 3. The van der Waals surface area contributed by atoms with Crippen LogP contribution in [0.5, 0.6) is 0 Å². The van der Waals surface area contributed by atoms with E-state index in [0.717, 1.165) is 56.9 Å². The molecule has 3 heterocycles. The molecule has 7 rings (SSSR count). The van der Waals surface area contributed by atoms with Crippen LogP contribution in [0.25, 0.3) is 0 Å². The maximum Gasteiger partial charge on any atom is 0.170 e. The lowest BCUT2D eigenvalue weighted by Gasteiger charge is -2.59. The molecule has 0 radical (unpaired) electrons. The summed E-state index contributed by atoms with van der Waals surface area (Å²) in [5, 5.41) is 11.7. The largest absolute Gasteiger partial charge is 0.391 e. The highest BCUT2D eigenvalue weighted by Gasteiger charge is 2.65. The fourth-order valence-electron chi connectivity index (χ4n) is 9.84. The van der Waals surface area contributed by atoms with Crippen LogP contribution in [-0.2, 0) is 14.2 Å². The van der Waals surface area contributed by atoms with Crippen molar-refractivity contribution in [2.24, 2.45) is 34.5 Å². The molecule has 1 spiro atoms. The molecule has 31 heavy (non-hydrogen) atoms. The summed E-state index contributed by atoms with van der Waals surface area (Å²) in [5.74, 6) is 2.86. The Morgan fingerprint density at radius 1 is 0.839 bits per heavy atom. The van der Waals surface area contributed by atoms with Crippen molar-refractivity contribution in [3.05, 3.63) is 0 Å². The van der Waals surface area contributed by atoms with Gasteiger partial charge in [-0.15, -0.1) is 0 Å². The molecule has 1 N–H and O–H groups in total. The average molecular weight is 432 g/mol. The third kappa shape index (κ3) is 2.79. The Hall–Kier alpha value is -0.200. The lowest BCUT2D eigenvalue weighted by atomic mass is 9.45. The number of hydrogen-bond acceptors (Lipinski definition) is 5. The van der Waals surface area contributed by atoms with Crippen LogP contribution in [0.1, 0.15) is 71.6 Å². The molecule has 3 saturated heterocycles. The molecule has 5 heteroatoms. The zero-order chi connectivity index (χ0) is 21.0. The molecule has 7 aliphatic rings. The van der Waals surface area contributed by atoms with E-state index in [9.17, 15) is 5.11 Å². The molecule has 10 atom stereocenters. The van der Waals surface area contributed by atoms with E-state index < -0.39 is 0 Å². The fraction of sp³-hybridized carbons (Fsp3) is 1.00. The Morgan fingerprint density at radius 3 is 2.39 bits per heavy atom. The zero-order valence-electron chi connectivity index (χ0n) is 19.4. The highest BCUT2D eigenvalue weighted by Crippen LogP contribution is 2.68. The van der Waals surface area contributed by atoms with Crippen LogP contribution in [0, 0.1) is 34.5 Å². The van der Waals surface area contributed by atoms with Gasteiger partial charge >= 0.3 is 0 Å². The first-order valence-electron chi connectivity index (χ1n) is 13.3. The number of fused-ring (bicyclic) bond motifs is 6. The molecule has 0 bridgehead atoms. The third-order valence-corrected chi connectivity index (χ3v) is 11.7. The van der Waals surface area contributed by atoms with Crippen molar-refractivity contribution in [1.82, 2.24) is 4.90 Å². The lowest BCUT2D eigenvalue weighted by Crippen LogP contribution is -2.55. The summed E-state index contributed by atoms with van der Waals surface area (Å²) in [5.41, 5.74) is 0.567. The van der Waals surface area contributed by atoms with Gasteiger partial charge in [0.2, 0.25) is 0 Å². The number of aliphatic hydroxyl groups excluding tert-OH is 1. The van der Waals surface area contributed by atoms with Crippen LogP contribution in [0.3, 0.4) is 0 Å². The molecule has 5 nitrogen and oxygen atoms in total. The van der Waals surface area contributed by atoms with Gasteiger partial charge < -0.3 is 19.3 Å². The van der Waals surface area contributed by atoms with E-state index in [4.69, 9.17) is 14.2 Å². The number of rotatable bonds is 1. The monoisotopic (exact) mass is 431 g/mol. The Labute approximate surface area is 187 Å². The normalized spacial score (nSPS) is 57.8. The van der Waals surface area contributed by atoms with Crippen LogP contribution >= 0.6 is 0 Å². The topological polar surface area (TPSA) is 54.5 Å². The first-order valence-corrected chi connectivity index (χ1v) is 13.3. The molecular weight excluding hydrogens is 390 g/mol. The van der Waals surface area contributed by atoms with Crippen molar-refractivity contribution in [1.29, 1.82) is 0 Å². The molecule has 0 aromatic carbocycles. The molecule has 0 aromatic heterocycles. The summed E-state index contributed by atoms with van der Waals surface area (Å²) in [6.07, 6.45) is 12.0. The van der Waals surface area contributed by atoms with E-state index in [1.165, 1.54) is 44.9 Å². The van der Waals surface area contributed by atoms with Gasteiger partial charge in [0.1, 0.15) is 0 Å². The van der Waals surface area contributed by atoms with Gasteiger partial charge in [-0.2, -0.15) is 0 Å². The van der Waals surface area contributed by atoms with Crippen molar-refractivity contribution in [2.75, 3.05) is 26.3 Å². The molecule has 0 amide bonds. The van der Waals surface area contributed by atoms with E-state index in [-0.39, 0.29) is 17.3 Å². The average Bonchev–Trinajstić information content (AvgIpc) is 3.25. The maximum absolute atomic E-state index is 11.7. The van der Waals surface area contributed by atoms with Gasteiger partial charge in [0.25, 0.3) is 0 Å². The molecular formula is C26H41NO4. The predicted octanol–water partition coefficient (Wildman–Crippen LogP) is 3.58. The first-order chi connectivity index (χ1) is 14.9. The minimum atomic E-state index is -0.321. The van der Waals surface area contributed by atoms with Crippen LogP contribution in [-0.4, -0.2) is 66.5 Å². The standard InChI is InChI=1S/C26H41NO4/c1-24-6-5-18-17(4-3-16-13-21-22(31-21)15-25(16,18)2)19(24)14-20(23(24)28)27-9-7-26(8-10-27)29-11-12-30-26/h16-23,28H,3-15H2,1-2H3/t16-,17+,18-,19-,20-,21-,22+,23-,24-,25-/m0/s1. The summed E-state index contributed by atoms with van der Waals surface area (Å²) in [6, 6.07) is 0.320. The molecule has 3 aliphatic heterocycles. The summed E-state index contributed by atoms with van der Waals surface area (Å²) >= 11 is 0. The van der Waals surface area contributed by atoms with E-state index in [1.807, 2.05) is 0 Å². The van der Waals surface area contributed by atoms with E-state index in [1.54, 1.807) is 0 Å². The smallest absolute Gasteiger partial charge is 0.170 e. The SMILES string of the molecule is C[C@]12C[C@H]3O[C@H]3C[C@@H]1CC[C@@H]1[C@@H]2CC[C@]2(C)[C@@H](O)[C@@H](N3CCC4(CC3)OCCO4)C[C@@H]12. The number of nitrogens with zero attached hydrogens (tertiary/aromatic N) is 1. The van der Waals surface area contributed by atoms with E-state index in [0.29, 0.717) is 29.6 Å². The van der Waals surface area contributed by atoms with Crippen molar-refractivity contribution >= 4 is 0 Å². The van der Waals surface area contributed by atoms with Crippen molar-refractivity contribution in [3.63, 3.8) is 0 Å². The van der Waals surface area contributed by atoms with Gasteiger partial charge in [0, 0.05) is 32.0 Å². The summed E-state index contributed by atoms with van der Waals surface area (Å²) < 4.78 is 17.9. The Kier molecular flexibility index (Phi) is 4.36. The fourth-order valence-corrected chi connectivity index (χ4v) is 9.84. The van der Waals surface area contributed by atoms with Crippen LogP contribution in [0.15, 0.2) is 0 Å². The second-order valence-corrected chi connectivity index (χ2v) is 12.7. The molecule has 7 fully saturated rings. The molecule has 4 aliphatic carbocycles. The van der Waals surface area contributed by atoms with Crippen molar-refractivity contribution in [2.45, 2.75) is 102 Å². The van der Waals surface area contributed by atoms with E-state index >= 15 is 0 Å². The van der Waals surface area contributed by atoms with Gasteiger partial charge in [-0.1, -0.05) is 13.8 Å². The Morgan fingerprint density at radius 2 is 1.61 bits per heavy atom. The second-order valence-electron chi connectivity index (χ2n) is 12.7. The minimum Gasteiger partial charge on any atom is -0.391 e. The summed E-state index contributed by atoms with van der Waals surface area (Å²) in [6.45, 7) is 8.52. The molecule has 0 aromatic rings. The second kappa shape index (κ2) is 6.69. The van der Waals surface area contributed by atoms with Crippen LogP contribution in [0.2, 0.25) is 0 Å². The summed E-state index contributed by atoms with van der Waals surface area (Å²) in [7, 11) is 0. The number of hydrogen-bond donors (Lipinski definition) is 1. The van der Waals surface area contributed by atoms with Gasteiger partial charge in [-0.05, 0) is 79.4 Å². The molecule has 4 saturated carbocycles. The third-order valence-electron chi connectivity index (χ3n) is 11.7. The van der Waals surface area contributed by atoms with Gasteiger partial charge in [-0.25, -0.2) is 0 Å². The highest BCUT2D eigenvalue weighted by molar-refractivity contribution is 5.15. The Bertz CT molecular complexity index is 729. The molecule has 174 valence electrons. The van der Waals surface area contributed by atoms with Gasteiger partial charge in [0.15, 0.2) is 5.79 Å². The molecule has 0 unspecified atom stereocenters. The predicted molar refractivity (Wildman–Crippen MR) is 116 cm³/mol. The van der Waals surface area contributed by atoms with Crippen LogP contribution in [0.4, 0.5) is 0 Å². The van der Waals surface area contributed by atoms with Crippen LogP contribution < -0.4 is 0 Å². The number of epoxide rings is 1. The van der Waals surface area contributed by atoms with Gasteiger partial charge in [-0.3, -0.25) is 4.90 Å². The maximum atomic E-state index is 11.7. The highest BCUT2D eigenvalue weighted by atomic mass is 16.7. The minimum absolute atomic E-state index is 0.0950. The zero-order valence-corrected chi connectivity index (χ0v) is 19.4. The lowest BCUT2D eigenvalue weighted by molar-refractivity contribution is -0.190. The first kappa shape index (κ1) is 20.2. The number of piperidine rings is 1. The number of likely N-dealkylation sites (tertiary alicyclic amines) is 1. The van der Waals surface area contributed by atoms with E-state index in [2.05, 4.69) is 18.7 Å². The van der Waals surface area contributed by atoms with Gasteiger partial charge in [0.05, 0.1) is 31.5 Å². The summed E-state index contributed by atoms with van der Waals surface area (Å²) in [4.78, 5) is 2.59. The van der Waals surface area contributed by atoms with Crippen molar-refractivity contribution < 1.29 is 19.3 Å². The van der Waals surface area contributed by atoms with Crippen molar-refractivity contribution in [3.8, 4) is 0 Å². The Balaban J connectivity index is 1.11. The quantitative estimate of drug-likeness (QED) is 0.643. The number of aliphatic hydroxyl groups is 1.